The van der Waals surface area contributed by atoms with Gasteiger partial charge in [-0.2, -0.15) is 0 Å². The molecule has 1 atom stereocenters. The quantitative estimate of drug-likeness (QED) is 0.792. The van der Waals surface area contributed by atoms with Crippen LogP contribution in [0.5, 0.6) is 5.75 Å². The average molecular weight is 277 g/mol. The van der Waals surface area contributed by atoms with E-state index in [1.807, 2.05) is 33.8 Å². The number of carbonyl (C=O) groups excluding carboxylic acids is 1. The number of hydrogen-bond donors (Lipinski definition) is 1. The summed E-state index contributed by atoms with van der Waals surface area (Å²) in [4.78, 5) is 14.0. The zero-order valence-corrected chi connectivity index (χ0v) is 12.6. The highest BCUT2D eigenvalue weighted by molar-refractivity contribution is 5.68. The molecular formula is C16H23NO3. The minimum atomic E-state index is -0.478. The Morgan fingerprint density at radius 1 is 1.35 bits per heavy atom. The van der Waals surface area contributed by atoms with Gasteiger partial charge in [0.2, 0.25) is 0 Å². The third-order valence-corrected chi connectivity index (χ3v) is 3.49. The number of phenolic OH excluding ortho intramolecular Hbond substituents is 1. The maximum Gasteiger partial charge on any atom is 0.410 e. The lowest BCUT2D eigenvalue weighted by Gasteiger charge is -2.30. The molecule has 1 amide bonds. The lowest BCUT2D eigenvalue weighted by Crippen LogP contribution is -2.43. The third kappa shape index (κ3) is 3.44. The molecule has 2 rings (SSSR count). The minimum absolute atomic E-state index is 0.0932. The number of nitrogens with zero attached hydrogens (tertiary/aromatic N) is 1. The number of hydrogen-bond acceptors (Lipinski definition) is 3. The van der Waals surface area contributed by atoms with E-state index in [-0.39, 0.29) is 17.9 Å². The fraction of sp³-hybridized carbons (Fsp3) is 0.562. The molecule has 1 aliphatic heterocycles. The molecule has 1 heterocycles. The summed E-state index contributed by atoms with van der Waals surface area (Å²) in [5.41, 5.74) is 1.83. The van der Waals surface area contributed by atoms with Gasteiger partial charge in [0, 0.05) is 12.6 Å². The normalized spacial score (nSPS) is 19.2. The van der Waals surface area contributed by atoms with Crippen molar-refractivity contribution in [2.75, 3.05) is 6.54 Å². The molecule has 0 radical (unpaired) electrons. The smallest absolute Gasteiger partial charge is 0.410 e. The first-order valence-corrected chi connectivity index (χ1v) is 7.06. The first-order chi connectivity index (χ1) is 9.26. The SMILES string of the molecule is CC1Cc2ccc(O)cc2CCN1C(=O)OC(C)(C)C. The summed E-state index contributed by atoms with van der Waals surface area (Å²) in [6, 6.07) is 5.53. The fourth-order valence-corrected chi connectivity index (χ4v) is 2.53. The molecule has 0 fully saturated rings. The van der Waals surface area contributed by atoms with Gasteiger partial charge in [-0.05, 0) is 63.8 Å². The van der Waals surface area contributed by atoms with Crippen molar-refractivity contribution < 1.29 is 14.6 Å². The highest BCUT2D eigenvalue weighted by Gasteiger charge is 2.28. The zero-order valence-electron chi connectivity index (χ0n) is 12.6. The van der Waals surface area contributed by atoms with Crippen molar-refractivity contribution >= 4 is 6.09 Å². The number of aromatic hydroxyl groups is 1. The van der Waals surface area contributed by atoms with Crippen molar-refractivity contribution in [1.29, 1.82) is 0 Å². The van der Waals surface area contributed by atoms with Crippen LogP contribution in [0.4, 0.5) is 4.79 Å². The molecule has 0 spiro atoms. The zero-order chi connectivity index (χ0) is 14.9. The van der Waals surface area contributed by atoms with Gasteiger partial charge in [0.15, 0.2) is 0 Å². The molecule has 0 saturated heterocycles. The second kappa shape index (κ2) is 5.35. The van der Waals surface area contributed by atoms with Crippen LogP contribution in [0.2, 0.25) is 0 Å². The molecule has 1 aromatic rings. The predicted octanol–water partition coefficient (Wildman–Crippen LogP) is 3.12. The standard InChI is InChI=1S/C16H23NO3/c1-11-9-12-5-6-14(18)10-13(12)7-8-17(11)15(19)20-16(2,3)4/h5-6,10-11,18H,7-9H2,1-4H3. The number of ether oxygens (including phenoxy) is 1. The van der Waals surface area contributed by atoms with Crippen LogP contribution < -0.4 is 0 Å². The monoisotopic (exact) mass is 277 g/mol. The van der Waals surface area contributed by atoms with Gasteiger partial charge in [0.05, 0.1) is 0 Å². The lowest BCUT2D eigenvalue weighted by molar-refractivity contribution is 0.0185. The summed E-state index contributed by atoms with van der Waals surface area (Å²) >= 11 is 0. The van der Waals surface area contributed by atoms with E-state index in [1.54, 1.807) is 17.0 Å². The summed E-state index contributed by atoms with van der Waals surface area (Å²) in [6.07, 6.45) is 1.27. The second-order valence-electron chi connectivity index (χ2n) is 6.43. The molecule has 110 valence electrons. The van der Waals surface area contributed by atoms with E-state index in [9.17, 15) is 9.90 Å². The maximum absolute atomic E-state index is 12.2. The summed E-state index contributed by atoms with van der Waals surface area (Å²) in [5, 5.41) is 9.57. The lowest BCUT2D eigenvalue weighted by atomic mass is 10.0. The van der Waals surface area contributed by atoms with Gasteiger partial charge >= 0.3 is 6.09 Å². The Morgan fingerprint density at radius 3 is 2.70 bits per heavy atom. The highest BCUT2D eigenvalue weighted by Crippen LogP contribution is 2.24. The van der Waals surface area contributed by atoms with Crippen LogP contribution in [-0.2, 0) is 17.6 Å². The average Bonchev–Trinajstić information content (AvgIpc) is 2.45. The first-order valence-electron chi connectivity index (χ1n) is 7.06. The largest absolute Gasteiger partial charge is 0.508 e. The van der Waals surface area contributed by atoms with Crippen LogP contribution in [0.3, 0.4) is 0 Å². The van der Waals surface area contributed by atoms with Crippen molar-refractivity contribution in [1.82, 2.24) is 4.90 Å². The van der Waals surface area contributed by atoms with Gasteiger partial charge in [-0.3, -0.25) is 0 Å². The van der Waals surface area contributed by atoms with E-state index in [2.05, 4.69) is 0 Å². The van der Waals surface area contributed by atoms with E-state index in [4.69, 9.17) is 4.74 Å². The number of rotatable bonds is 0. The van der Waals surface area contributed by atoms with Gasteiger partial charge in [-0.15, -0.1) is 0 Å². The molecule has 1 aliphatic rings. The Bertz CT molecular complexity index is 505. The van der Waals surface area contributed by atoms with Gasteiger partial charge in [0.1, 0.15) is 11.4 Å². The van der Waals surface area contributed by atoms with Crippen molar-refractivity contribution in [3.63, 3.8) is 0 Å². The summed E-state index contributed by atoms with van der Waals surface area (Å²) in [7, 11) is 0. The van der Waals surface area contributed by atoms with Crippen LogP contribution in [0.1, 0.15) is 38.8 Å². The van der Waals surface area contributed by atoms with Crippen LogP contribution in [0.15, 0.2) is 18.2 Å². The van der Waals surface area contributed by atoms with E-state index in [1.165, 1.54) is 5.56 Å². The van der Waals surface area contributed by atoms with E-state index in [0.717, 1.165) is 18.4 Å². The molecule has 0 saturated carbocycles. The van der Waals surface area contributed by atoms with Crippen LogP contribution in [-0.4, -0.2) is 34.3 Å². The molecule has 20 heavy (non-hydrogen) atoms. The molecule has 1 unspecified atom stereocenters. The molecule has 1 aromatic carbocycles. The first kappa shape index (κ1) is 14.7. The molecule has 0 aliphatic carbocycles. The highest BCUT2D eigenvalue weighted by atomic mass is 16.6. The Balaban J connectivity index is 2.15. The maximum atomic E-state index is 12.2. The number of fused-ring (bicyclic) bond motifs is 1. The molecule has 1 N–H and O–H groups in total. The molecule has 4 heteroatoms. The number of benzene rings is 1. The third-order valence-electron chi connectivity index (χ3n) is 3.49. The van der Waals surface area contributed by atoms with E-state index >= 15 is 0 Å². The van der Waals surface area contributed by atoms with Crippen molar-refractivity contribution in [3.05, 3.63) is 29.3 Å². The van der Waals surface area contributed by atoms with Crippen molar-refractivity contribution in [2.45, 2.75) is 52.2 Å². The van der Waals surface area contributed by atoms with Crippen LogP contribution in [0.25, 0.3) is 0 Å². The number of carbonyl (C=O) groups is 1. The Labute approximate surface area is 120 Å². The molecule has 0 bridgehead atoms. The molecule has 0 aromatic heterocycles. The van der Waals surface area contributed by atoms with Crippen molar-refractivity contribution in [3.8, 4) is 5.75 Å². The fourth-order valence-electron chi connectivity index (χ4n) is 2.53. The van der Waals surface area contributed by atoms with E-state index < -0.39 is 5.60 Å². The summed E-state index contributed by atoms with van der Waals surface area (Å²) < 4.78 is 5.46. The molecular weight excluding hydrogens is 254 g/mol. The Hall–Kier alpha value is -1.71. The topological polar surface area (TPSA) is 49.8 Å². The second-order valence-corrected chi connectivity index (χ2v) is 6.43. The van der Waals surface area contributed by atoms with Gasteiger partial charge < -0.3 is 14.7 Å². The van der Waals surface area contributed by atoms with Gasteiger partial charge in [-0.25, -0.2) is 4.79 Å². The van der Waals surface area contributed by atoms with Gasteiger partial charge in [0.25, 0.3) is 0 Å². The van der Waals surface area contributed by atoms with Crippen LogP contribution >= 0.6 is 0 Å². The van der Waals surface area contributed by atoms with Crippen LogP contribution in [0, 0.1) is 0 Å². The minimum Gasteiger partial charge on any atom is -0.508 e. The number of phenols is 1. The Kier molecular flexibility index (Phi) is 3.93. The summed E-state index contributed by atoms with van der Waals surface area (Å²) in [5.74, 6) is 0.280. The predicted molar refractivity (Wildman–Crippen MR) is 77.9 cm³/mol. The van der Waals surface area contributed by atoms with Crippen molar-refractivity contribution in [2.24, 2.45) is 0 Å². The molecule has 4 nitrogen and oxygen atoms in total. The van der Waals surface area contributed by atoms with Gasteiger partial charge in [-0.1, -0.05) is 6.07 Å². The number of amides is 1. The summed E-state index contributed by atoms with van der Waals surface area (Å²) in [6.45, 7) is 8.28. The van der Waals surface area contributed by atoms with E-state index in [0.29, 0.717) is 6.54 Å². The Morgan fingerprint density at radius 2 is 2.05 bits per heavy atom.